The van der Waals surface area contributed by atoms with Gasteiger partial charge in [-0.05, 0) is 6.07 Å². The number of halogens is 2. The lowest BCUT2D eigenvalue weighted by Crippen LogP contribution is -2.41. The number of para-hydroxylation sites is 1. The molecule has 2 aliphatic heterocycles. The Hall–Kier alpha value is -2.04. The van der Waals surface area contributed by atoms with Crippen LogP contribution in [0.25, 0.3) is 0 Å². The van der Waals surface area contributed by atoms with Crippen molar-refractivity contribution in [2.24, 2.45) is 10.1 Å². The maximum absolute atomic E-state index is 6.20. The molecule has 0 aliphatic carbocycles. The first-order valence-corrected chi connectivity index (χ1v) is 8.24. The van der Waals surface area contributed by atoms with Gasteiger partial charge < -0.3 is 4.90 Å². The van der Waals surface area contributed by atoms with Gasteiger partial charge in [-0.2, -0.15) is 4.53 Å². The van der Waals surface area contributed by atoms with Gasteiger partial charge in [0.1, 0.15) is 0 Å². The molecule has 6 heteroatoms. The molecule has 1 unspecified atom stereocenters. The van der Waals surface area contributed by atoms with E-state index < -0.39 is 0 Å². The van der Waals surface area contributed by atoms with Crippen molar-refractivity contribution in [3.8, 4) is 0 Å². The van der Waals surface area contributed by atoms with Crippen molar-refractivity contribution >= 4 is 40.6 Å². The number of benzene rings is 2. The molecule has 0 N–H and O–H groups in total. The Labute approximate surface area is 144 Å². The number of hydrogen-bond acceptors (Lipinski definition) is 4. The third kappa shape index (κ3) is 2.38. The Morgan fingerprint density at radius 3 is 2.57 bits per heavy atom. The molecule has 0 saturated carbocycles. The monoisotopic (exact) mass is 344 g/mol. The summed E-state index contributed by atoms with van der Waals surface area (Å²) in [6, 6.07) is 18.3. The molecule has 0 fully saturated rings. The molecule has 2 heterocycles. The smallest absolute Gasteiger partial charge is 0.155 e. The van der Waals surface area contributed by atoms with Crippen LogP contribution in [0.5, 0.6) is 0 Å². The van der Waals surface area contributed by atoms with Crippen LogP contribution in [0.2, 0.25) is 0 Å². The number of nitrogens with zero attached hydrogens (tertiary/aromatic N) is 4. The van der Waals surface area contributed by atoms with Gasteiger partial charge in [-0.1, -0.05) is 48.5 Å². The van der Waals surface area contributed by atoms with Crippen LogP contribution in [-0.2, 0) is 0 Å². The van der Waals surface area contributed by atoms with Crippen LogP contribution in [-0.4, -0.2) is 34.7 Å². The number of anilines is 1. The zero-order valence-electron chi connectivity index (χ0n) is 12.2. The highest BCUT2D eigenvalue weighted by atomic mass is 35.5. The Balaban J connectivity index is 1.90. The average molecular weight is 345 g/mol. The van der Waals surface area contributed by atoms with Gasteiger partial charge in [0.2, 0.25) is 0 Å². The molecule has 2 aromatic carbocycles. The molecule has 2 aliphatic rings. The fourth-order valence-electron chi connectivity index (χ4n) is 2.99. The first-order valence-electron chi connectivity index (χ1n) is 7.36. The number of amidine groups is 1. The van der Waals surface area contributed by atoms with E-state index >= 15 is 0 Å². The second-order valence-corrected chi connectivity index (χ2v) is 6.01. The molecule has 0 aromatic heterocycles. The Kier molecular flexibility index (Phi) is 3.71. The standard InChI is InChI=1S/C17H14Cl2N4/c18-10-16-22-14-9-5-4-8-13(14)17(12-6-2-1-3-7-12)20-11-15(22)21-23(16)19/h1-9,16H,10-11H2. The fourth-order valence-corrected chi connectivity index (χ4v) is 3.57. The summed E-state index contributed by atoms with van der Waals surface area (Å²) in [7, 11) is 0. The summed E-state index contributed by atoms with van der Waals surface area (Å²) < 4.78 is 1.39. The van der Waals surface area contributed by atoms with Crippen LogP contribution in [0.1, 0.15) is 11.1 Å². The van der Waals surface area contributed by atoms with E-state index in [0.717, 1.165) is 28.4 Å². The van der Waals surface area contributed by atoms with Gasteiger partial charge >= 0.3 is 0 Å². The van der Waals surface area contributed by atoms with Crippen LogP contribution in [0.4, 0.5) is 5.69 Å². The Morgan fingerprint density at radius 2 is 1.78 bits per heavy atom. The van der Waals surface area contributed by atoms with Gasteiger partial charge in [-0.15, -0.1) is 16.7 Å². The van der Waals surface area contributed by atoms with E-state index in [2.05, 4.69) is 34.3 Å². The van der Waals surface area contributed by atoms with Crippen molar-refractivity contribution in [3.63, 3.8) is 0 Å². The summed E-state index contributed by atoms with van der Waals surface area (Å²) in [5.41, 5.74) is 4.14. The van der Waals surface area contributed by atoms with Crippen molar-refractivity contribution in [3.05, 3.63) is 65.7 Å². The molecule has 0 amide bonds. The van der Waals surface area contributed by atoms with E-state index in [1.54, 1.807) is 0 Å². The molecular formula is C17H14Cl2N4. The summed E-state index contributed by atoms with van der Waals surface area (Å²) in [5.74, 6) is 1.16. The third-order valence-corrected chi connectivity index (χ3v) is 4.59. The van der Waals surface area contributed by atoms with Crippen molar-refractivity contribution in [1.82, 2.24) is 4.53 Å². The predicted octanol–water partition coefficient (Wildman–Crippen LogP) is 3.69. The van der Waals surface area contributed by atoms with Gasteiger partial charge in [-0.3, -0.25) is 4.99 Å². The summed E-state index contributed by atoms with van der Waals surface area (Å²) in [6.45, 7) is 0.468. The van der Waals surface area contributed by atoms with Crippen molar-refractivity contribution in [2.75, 3.05) is 17.3 Å². The molecule has 0 bridgehead atoms. The Morgan fingerprint density at radius 1 is 1.04 bits per heavy atom. The summed E-state index contributed by atoms with van der Waals surface area (Å²) in [5, 5.41) is 4.40. The van der Waals surface area contributed by atoms with Crippen LogP contribution >= 0.6 is 23.4 Å². The maximum Gasteiger partial charge on any atom is 0.155 e. The lowest BCUT2D eigenvalue weighted by atomic mass is 10.00. The fraction of sp³-hybridized carbons (Fsp3) is 0.176. The Bertz CT molecular complexity index is 788. The molecule has 0 saturated heterocycles. The quantitative estimate of drug-likeness (QED) is 0.614. The molecule has 2 aromatic rings. The number of rotatable bonds is 2. The minimum atomic E-state index is -0.209. The molecule has 4 nitrogen and oxygen atoms in total. The highest BCUT2D eigenvalue weighted by Gasteiger charge is 2.37. The molecule has 0 spiro atoms. The number of alkyl halides is 1. The first-order chi connectivity index (χ1) is 11.3. The maximum atomic E-state index is 6.20. The molecule has 116 valence electrons. The van der Waals surface area contributed by atoms with Crippen LogP contribution in [0, 0.1) is 0 Å². The summed E-state index contributed by atoms with van der Waals surface area (Å²) in [6.07, 6.45) is -0.209. The molecule has 0 radical (unpaired) electrons. The van der Waals surface area contributed by atoms with Crippen LogP contribution < -0.4 is 4.90 Å². The normalized spacial score (nSPS) is 19.7. The minimum Gasteiger partial charge on any atom is -0.301 e. The summed E-state index contributed by atoms with van der Waals surface area (Å²) in [4.78, 5) is 6.87. The number of hydrogen-bond donors (Lipinski definition) is 0. The number of fused-ring (bicyclic) bond motifs is 3. The van der Waals surface area contributed by atoms with Crippen molar-refractivity contribution in [1.29, 1.82) is 0 Å². The van der Waals surface area contributed by atoms with Gasteiger partial charge in [0.15, 0.2) is 12.0 Å². The predicted molar refractivity (Wildman–Crippen MR) is 95.5 cm³/mol. The second-order valence-electron chi connectivity index (χ2n) is 5.36. The lowest BCUT2D eigenvalue weighted by Gasteiger charge is -2.27. The third-order valence-electron chi connectivity index (χ3n) is 4.02. The minimum absolute atomic E-state index is 0.209. The van der Waals surface area contributed by atoms with Gasteiger partial charge in [0, 0.05) is 22.9 Å². The van der Waals surface area contributed by atoms with E-state index in [1.807, 2.05) is 30.3 Å². The van der Waals surface area contributed by atoms with E-state index in [4.69, 9.17) is 28.4 Å². The van der Waals surface area contributed by atoms with Crippen molar-refractivity contribution < 1.29 is 0 Å². The van der Waals surface area contributed by atoms with E-state index in [-0.39, 0.29) is 6.17 Å². The molecular weight excluding hydrogens is 331 g/mol. The zero-order chi connectivity index (χ0) is 15.8. The first kappa shape index (κ1) is 14.5. The molecule has 23 heavy (non-hydrogen) atoms. The lowest BCUT2D eigenvalue weighted by molar-refractivity contribution is 0.423. The largest absolute Gasteiger partial charge is 0.301 e. The van der Waals surface area contributed by atoms with Crippen molar-refractivity contribution in [2.45, 2.75) is 6.17 Å². The summed E-state index contributed by atoms with van der Waals surface area (Å²) >= 11 is 12.3. The highest BCUT2D eigenvalue weighted by molar-refractivity contribution is 6.24. The van der Waals surface area contributed by atoms with Crippen LogP contribution in [0.3, 0.4) is 0 Å². The van der Waals surface area contributed by atoms with Gasteiger partial charge in [0.25, 0.3) is 0 Å². The van der Waals surface area contributed by atoms with E-state index in [0.29, 0.717) is 12.4 Å². The van der Waals surface area contributed by atoms with Gasteiger partial charge in [-0.25, -0.2) is 0 Å². The topological polar surface area (TPSA) is 31.2 Å². The SMILES string of the molecule is ClCC1N(Cl)N=C2CN=C(c3ccccc3)c3ccccc3N21. The second kappa shape index (κ2) is 5.87. The van der Waals surface area contributed by atoms with Gasteiger partial charge in [0.05, 0.1) is 23.8 Å². The molecule has 4 rings (SSSR count). The highest BCUT2D eigenvalue weighted by Crippen LogP contribution is 2.33. The van der Waals surface area contributed by atoms with E-state index in [9.17, 15) is 0 Å². The number of hydrazone groups is 1. The average Bonchev–Trinajstić information content (AvgIpc) is 2.82. The van der Waals surface area contributed by atoms with Crippen LogP contribution in [0.15, 0.2) is 64.7 Å². The van der Waals surface area contributed by atoms with E-state index in [1.165, 1.54) is 4.53 Å². The zero-order valence-corrected chi connectivity index (χ0v) is 13.7. The number of aliphatic imine (C=N–C) groups is 1. The molecule has 1 atom stereocenters.